The Balaban J connectivity index is 2.08. The molecule has 2 rings (SSSR count). The molecule has 0 saturated heterocycles. The Morgan fingerprint density at radius 1 is 1.23 bits per heavy atom. The summed E-state index contributed by atoms with van der Waals surface area (Å²) >= 11 is 11.9. The summed E-state index contributed by atoms with van der Waals surface area (Å²) in [4.78, 5) is 12.3. The molecule has 0 saturated carbocycles. The Kier molecular flexibility index (Phi) is 5.63. The van der Waals surface area contributed by atoms with Gasteiger partial charge in [0.25, 0.3) is 5.91 Å². The Morgan fingerprint density at radius 3 is 2.55 bits per heavy atom. The lowest BCUT2D eigenvalue weighted by Crippen LogP contribution is -2.32. The molecule has 2 aromatic carbocycles. The zero-order chi connectivity index (χ0) is 16.1. The fraction of sp³-hybridized carbons (Fsp3) is 0.188. The molecule has 2 aromatic rings. The lowest BCUT2D eigenvalue weighted by atomic mass is 10.2. The number of ether oxygens (including phenoxy) is 1. The van der Waals surface area contributed by atoms with Gasteiger partial charge in [-0.05, 0) is 48.9 Å². The molecule has 3 nitrogen and oxygen atoms in total. The van der Waals surface area contributed by atoms with Crippen molar-refractivity contribution in [1.82, 2.24) is 0 Å². The third-order valence-electron chi connectivity index (χ3n) is 2.94. The van der Waals surface area contributed by atoms with E-state index in [4.69, 9.17) is 27.9 Å². The Morgan fingerprint density at radius 2 is 1.91 bits per heavy atom. The fourth-order valence-corrected chi connectivity index (χ4v) is 2.14. The van der Waals surface area contributed by atoms with Crippen molar-refractivity contribution >= 4 is 34.8 Å². The van der Waals surface area contributed by atoms with Crippen LogP contribution in [0.1, 0.15) is 13.3 Å². The van der Waals surface area contributed by atoms with Crippen LogP contribution < -0.4 is 10.1 Å². The van der Waals surface area contributed by atoms with Crippen molar-refractivity contribution in [2.75, 3.05) is 5.32 Å². The van der Waals surface area contributed by atoms with Gasteiger partial charge in [0.2, 0.25) is 0 Å². The first-order chi connectivity index (χ1) is 10.5. The van der Waals surface area contributed by atoms with Crippen molar-refractivity contribution in [3.05, 3.63) is 58.3 Å². The SMILES string of the molecule is CC[C@H](Oc1ccc(F)cc1)C(=O)Nc1cc(Cl)ccc1Cl. The highest BCUT2D eigenvalue weighted by molar-refractivity contribution is 6.35. The van der Waals surface area contributed by atoms with Gasteiger partial charge in [0.15, 0.2) is 6.10 Å². The van der Waals surface area contributed by atoms with E-state index in [2.05, 4.69) is 5.32 Å². The zero-order valence-corrected chi connectivity index (χ0v) is 13.3. The molecule has 0 aliphatic carbocycles. The Labute approximate surface area is 138 Å². The first-order valence-corrected chi connectivity index (χ1v) is 7.43. The van der Waals surface area contributed by atoms with E-state index in [1.807, 2.05) is 6.92 Å². The molecule has 0 aliphatic rings. The van der Waals surface area contributed by atoms with Crippen LogP contribution >= 0.6 is 23.2 Å². The van der Waals surface area contributed by atoms with Gasteiger partial charge in [0.1, 0.15) is 11.6 Å². The second-order valence-corrected chi connectivity index (χ2v) is 5.43. The number of benzene rings is 2. The number of amides is 1. The molecule has 0 radical (unpaired) electrons. The summed E-state index contributed by atoms with van der Waals surface area (Å²) in [7, 11) is 0. The van der Waals surface area contributed by atoms with Crippen molar-refractivity contribution < 1.29 is 13.9 Å². The molecular formula is C16H14Cl2FNO2. The van der Waals surface area contributed by atoms with E-state index in [9.17, 15) is 9.18 Å². The fourth-order valence-electron chi connectivity index (χ4n) is 1.81. The summed E-state index contributed by atoms with van der Waals surface area (Å²) in [6, 6.07) is 10.3. The molecule has 1 atom stereocenters. The number of carbonyl (C=O) groups is 1. The van der Waals surface area contributed by atoms with E-state index in [1.54, 1.807) is 18.2 Å². The van der Waals surface area contributed by atoms with E-state index >= 15 is 0 Å². The Hall–Kier alpha value is -1.78. The normalized spacial score (nSPS) is 11.8. The zero-order valence-electron chi connectivity index (χ0n) is 11.8. The molecule has 0 fully saturated rings. The van der Waals surface area contributed by atoms with Crippen LogP contribution in [0.25, 0.3) is 0 Å². The highest BCUT2D eigenvalue weighted by atomic mass is 35.5. The van der Waals surface area contributed by atoms with Crippen LogP contribution in [0.4, 0.5) is 10.1 Å². The summed E-state index contributed by atoms with van der Waals surface area (Å²) < 4.78 is 18.4. The van der Waals surface area contributed by atoms with Crippen molar-refractivity contribution in [1.29, 1.82) is 0 Å². The van der Waals surface area contributed by atoms with Crippen molar-refractivity contribution in [3.63, 3.8) is 0 Å². The average Bonchev–Trinajstić information content (AvgIpc) is 2.50. The van der Waals surface area contributed by atoms with Gasteiger partial charge in [-0.15, -0.1) is 0 Å². The van der Waals surface area contributed by atoms with Crippen molar-refractivity contribution in [3.8, 4) is 5.75 Å². The second-order valence-electron chi connectivity index (χ2n) is 4.58. The van der Waals surface area contributed by atoms with E-state index in [1.165, 1.54) is 24.3 Å². The number of nitrogens with one attached hydrogen (secondary N) is 1. The summed E-state index contributed by atoms with van der Waals surface area (Å²) in [6.07, 6.45) is -0.276. The van der Waals surface area contributed by atoms with Crippen molar-refractivity contribution in [2.24, 2.45) is 0 Å². The van der Waals surface area contributed by atoms with Gasteiger partial charge >= 0.3 is 0 Å². The smallest absolute Gasteiger partial charge is 0.265 e. The first kappa shape index (κ1) is 16.6. The van der Waals surface area contributed by atoms with Gasteiger partial charge in [0, 0.05) is 5.02 Å². The molecule has 0 heterocycles. The first-order valence-electron chi connectivity index (χ1n) is 6.67. The molecule has 22 heavy (non-hydrogen) atoms. The van der Waals surface area contributed by atoms with Crippen LogP contribution in [0.3, 0.4) is 0 Å². The molecule has 0 aliphatic heterocycles. The maximum atomic E-state index is 12.9. The summed E-state index contributed by atoms with van der Waals surface area (Å²) in [5.41, 5.74) is 0.417. The van der Waals surface area contributed by atoms with E-state index < -0.39 is 6.10 Å². The minimum Gasteiger partial charge on any atom is -0.481 e. The second kappa shape index (κ2) is 7.47. The van der Waals surface area contributed by atoms with Gasteiger partial charge in [-0.3, -0.25) is 4.79 Å². The van der Waals surface area contributed by atoms with Crippen LogP contribution in [-0.4, -0.2) is 12.0 Å². The molecular weight excluding hydrogens is 328 g/mol. The lowest BCUT2D eigenvalue weighted by molar-refractivity contribution is -0.122. The predicted octanol–water partition coefficient (Wildman–Crippen LogP) is 4.93. The van der Waals surface area contributed by atoms with Crippen LogP contribution in [0, 0.1) is 5.82 Å². The number of anilines is 1. The lowest BCUT2D eigenvalue weighted by Gasteiger charge is -2.18. The minimum absolute atomic E-state index is 0.351. The highest BCUT2D eigenvalue weighted by Gasteiger charge is 2.19. The molecule has 116 valence electrons. The minimum atomic E-state index is -0.722. The van der Waals surface area contributed by atoms with Crippen molar-refractivity contribution in [2.45, 2.75) is 19.4 Å². The largest absolute Gasteiger partial charge is 0.481 e. The molecule has 0 spiro atoms. The molecule has 0 unspecified atom stereocenters. The number of hydrogen-bond acceptors (Lipinski definition) is 2. The topological polar surface area (TPSA) is 38.3 Å². The molecule has 1 N–H and O–H groups in total. The Bertz CT molecular complexity index is 662. The van der Waals surface area contributed by atoms with Gasteiger partial charge < -0.3 is 10.1 Å². The maximum absolute atomic E-state index is 12.9. The highest BCUT2D eigenvalue weighted by Crippen LogP contribution is 2.26. The van der Waals surface area contributed by atoms with Crippen LogP contribution in [0.5, 0.6) is 5.75 Å². The van der Waals surface area contributed by atoms with Crippen LogP contribution in [0.2, 0.25) is 10.0 Å². The third kappa shape index (κ3) is 4.36. The van der Waals surface area contributed by atoms with E-state index in [0.29, 0.717) is 27.9 Å². The quantitative estimate of drug-likeness (QED) is 0.837. The summed E-state index contributed by atoms with van der Waals surface area (Å²) in [5, 5.41) is 3.53. The monoisotopic (exact) mass is 341 g/mol. The van der Waals surface area contributed by atoms with Gasteiger partial charge in [-0.1, -0.05) is 30.1 Å². The number of rotatable bonds is 5. The van der Waals surface area contributed by atoms with E-state index in [-0.39, 0.29) is 11.7 Å². The average molecular weight is 342 g/mol. The van der Waals surface area contributed by atoms with Crippen LogP contribution in [0.15, 0.2) is 42.5 Å². The number of hydrogen-bond donors (Lipinski definition) is 1. The van der Waals surface area contributed by atoms with E-state index in [0.717, 1.165) is 0 Å². The third-order valence-corrected chi connectivity index (χ3v) is 3.51. The molecule has 0 bridgehead atoms. The predicted molar refractivity (Wildman–Crippen MR) is 86.2 cm³/mol. The summed E-state index contributed by atoms with van der Waals surface area (Å²) in [5.74, 6) is -0.299. The molecule has 6 heteroatoms. The van der Waals surface area contributed by atoms with Gasteiger partial charge in [-0.25, -0.2) is 4.39 Å². The van der Waals surface area contributed by atoms with Gasteiger partial charge in [0.05, 0.1) is 10.7 Å². The molecule has 0 aromatic heterocycles. The van der Waals surface area contributed by atoms with Crippen LogP contribution in [-0.2, 0) is 4.79 Å². The van der Waals surface area contributed by atoms with Gasteiger partial charge in [-0.2, -0.15) is 0 Å². The number of carbonyl (C=O) groups excluding carboxylic acids is 1. The number of halogens is 3. The summed E-state index contributed by atoms with van der Waals surface area (Å²) in [6.45, 7) is 1.81. The molecule has 1 amide bonds. The maximum Gasteiger partial charge on any atom is 0.265 e. The standard InChI is InChI=1S/C16H14Cl2FNO2/c1-2-15(22-12-6-4-11(19)5-7-12)16(21)20-14-9-10(17)3-8-13(14)18/h3-9,15H,2H2,1H3,(H,20,21)/t15-/m0/s1.